The van der Waals surface area contributed by atoms with Crippen LogP contribution in [0, 0.1) is 0 Å². The molecule has 2 heterocycles. The molecule has 1 aliphatic heterocycles. The van der Waals surface area contributed by atoms with Crippen LogP contribution in [0.2, 0.25) is 0 Å². The molecule has 0 spiro atoms. The lowest BCUT2D eigenvalue weighted by atomic mass is 10.2. The molecule has 0 saturated carbocycles. The van der Waals surface area contributed by atoms with Gasteiger partial charge >= 0.3 is 0 Å². The molecule has 82 valence electrons. The highest BCUT2D eigenvalue weighted by molar-refractivity contribution is 5.68. The Balaban J connectivity index is 2.35. The highest BCUT2D eigenvalue weighted by Gasteiger charge is 2.24. The monoisotopic (exact) mass is 208 g/mol. The van der Waals surface area contributed by atoms with Crippen molar-refractivity contribution in [2.75, 3.05) is 24.3 Å². The number of anilines is 2. The third-order valence-electron chi connectivity index (χ3n) is 2.84. The van der Waals surface area contributed by atoms with Gasteiger partial charge in [-0.2, -0.15) is 4.98 Å². The molecule has 1 fully saturated rings. The lowest BCUT2D eigenvalue weighted by Crippen LogP contribution is -2.28. The van der Waals surface area contributed by atoms with E-state index in [-0.39, 0.29) is 0 Å². The number of hydrogen-bond donors (Lipinski definition) is 1. The topological polar surface area (TPSA) is 64.3 Å². The molecule has 1 aromatic rings. The van der Waals surface area contributed by atoms with Gasteiger partial charge in [-0.15, -0.1) is 0 Å². The maximum Gasteiger partial charge on any atom is 0.242 e. The van der Waals surface area contributed by atoms with E-state index in [2.05, 4.69) is 21.8 Å². The summed E-state index contributed by atoms with van der Waals surface area (Å²) in [6.07, 6.45) is 3.87. The van der Waals surface area contributed by atoms with Crippen LogP contribution in [0.15, 0.2) is 6.33 Å². The zero-order valence-corrected chi connectivity index (χ0v) is 9.10. The third-order valence-corrected chi connectivity index (χ3v) is 2.84. The molecule has 0 aliphatic carbocycles. The second kappa shape index (κ2) is 3.92. The van der Waals surface area contributed by atoms with Crippen LogP contribution in [-0.2, 0) is 0 Å². The van der Waals surface area contributed by atoms with E-state index >= 15 is 0 Å². The van der Waals surface area contributed by atoms with Crippen LogP contribution in [-0.4, -0.2) is 29.7 Å². The van der Waals surface area contributed by atoms with E-state index in [1.165, 1.54) is 19.2 Å². The number of aromatic nitrogens is 2. The summed E-state index contributed by atoms with van der Waals surface area (Å²) < 4.78 is 5.08. The normalized spacial score (nSPS) is 20.7. The van der Waals surface area contributed by atoms with Crippen LogP contribution in [0.25, 0.3) is 0 Å². The average Bonchev–Trinajstić information content (AvgIpc) is 2.65. The number of hydrogen-bond acceptors (Lipinski definition) is 5. The van der Waals surface area contributed by atoms with Gasteiger partial charge in [0, 0.05) is 12.6 Å². The van der Waals surface area contributed by atoms with Gasteiger partial charge in [-0.3, -0.25) is 0 Å². The molecule has 0 bridgehead atoms. The second-order valence-corrected chi connectivity index (χ2v) is 3.80. The van der Waals surface area contributed by atoms with Crippen molar-refractivity contribution in [1.29, 1.82) is 0 Å². The fourth-order valence-electron chi connectivity index (χ4n) is 2.01. The quantitative estimate of drug-likeness (QED) is 0.787. The molecule has 5 heteroatoms. The molecule has 0 aromatic carbocycles. The van der Waals surface area contributed by atoms with Crippen molar-refractivity contribution in [3.63, 3.8) is 0 Å². The van der Waals surface area contributed by atoms with E-state index in [1.807, 2.05) is 0 Å². The molecule has 2 N–H and O–H groups in total. The summed E-state index contributed by atoms with van der Waals surface area (Å²) in [7, 11) is 1.57. The van der Waals surface area contributed by atoms with E-state index in [9.17, 15) is 0 Å². The minimum Gasteiger partial charge on any atom is -0.479 e. The van der Waals surface area contributed by atoms with Crippen LogP contribution in [0.4, 0.5) is 11.5 Å². The first-order valence-electron chi connectivity index (χ1n) is 5.15. The highest BCUT2D eigenvalue weighted by Crippen LogP contribution is 2.32. The lowest BCUT2D eigenvalue weighted by molar-refractivity contribution is 0.399. The van der Waals surface area contributed by atoms with Crippen LogP contribution in [0.5, 0.6) is 5.88 Å². The molecular weight excluding hydrogens is 192 g/mol. The Labute approximate surface area is 89.3 Å². The van der Waals surface area contributed by atoms with Crippen molar-refractivity contribution < 1.29 is 4.74 Å². The van der Waals surface area contributed by atoms with Crippen LogP contribution >= 0.6 is 0 Å². The predicted octanol–water partition coefficient (Wildman–Crippen LogP) is 1.06. The molecule has 0 amide bonds. The Morgan fingerprint density at radius 3 is 2.93 bits per heavy atom. The Bertz CT molecular complexity index is 355. The Kier molecular flexibility index (Phi) is 2.62. The van der Waals surface area contributed by atoms with Crippen LogP contribution in [0.3, 0.4) is 0 Å². The zero-order chi connectivity index (χ0) is 10.8. The first-order chi connectivity index (χ1) is 7.24. The van der Waals surface area contributed by atoms with Gasteiger partial charge in [0.1, 0.15) is 12.0 Å². The van der Waals surface area contributed by atoms with E-state index in [0.29, 0.717) is 17.6 Å². The van der Waals surface area contributed by atoms with Gasteiger partial charge in [0.25, 0.3) is 0 Å². The Morgan fingerprint density at radius 1 is 1.53 bits per heavy atom. The summed E-state index contributed by atoms with van der Waals surface area (Å²) in [5, 5.41) is 0. The smallest absolute Gasteiger partial charge is 0.242 e. The van der Waals surface area contributed by atoms with Crippen LogP contribution < -0.4 is 15.4 Å². The molecule has 1 aliphatic rings. The fourth-order valence-corrected chi connectivity index (χ4v) is 2.01. The number of ether oxygens (including phenoxy) is 1. The second-order valence-electron chi connectivity index (χ2n) is 3.80. The number of rotatable bonds is 2. The van der Waals surface area contributed by atoms with Crippen molar-refractivity contribution in [1.82, 2.24) is 9.97 Å². The van der Waals surface area contributed by atoms with Gasteiger partial charge in [-0.1, -0.05) is 0 Å². The maximum atomic E-state index is 5.94. The van der Waals surface area contributed by atoms with Crippen molar-refractivity contribution in [2.45, 2.75) is 25.8 Å². The lowest BCUT2D eigenvalue weighted by Gasteiger charge is -2.23. The molecule has 1 unspecified atom stereocenters. The van der Waals surface area contributed by atoms with E-state index < -0.39 is 0 Å². The molecule has 1 aromatic heterocycles. The number of nitrogens with zero attached hydrogens (tertiary/aromatic N) is 3. The average molecular weight is 208 g/mol. The third kappa shape index (κ3) is 1.69. The minimum absolute atomic E-state index is 0.458. The maximum absolute atomic E-state index is 5.94. The van der Waals surface area contributed by atoms with Gasteiger partial charge in [-0.25, -0.2) is 4.98 Å². The van der Waals surface area contributed by atoms with E-state index in [1.54, 1.807) is 7.11 Å². The molecule has 15 heavy (non-hydrogen) atoms. The van der Waals surface area contributed by atoms with Crippen LogP contribution in [0.1, 0.15) is 19.8 Å². The molecule has 5 nitrogen and oxygen atoms in total. The van der Waals surface area contributed by atoms with Crippen molar-refractivity contribution in [3.8, 4) is 5.88 Å². The van der Waals surface area contributed by atoms with E-state index in [4.69, 9.17) is 10.5 Å². The van der Waals surface area contributed by atoms with Crippen molar-refractivity contribution in [3.05, 3.63) is 6.33 Å². The minimum atomic E-state index is 0.458. The number of nitrogen functional groups attached to an aromatic ring is 1. The van der Waals surface area contributed by atoms with Gasteiger partial charge in [0.05, 0.1) is 7.11 Å². The molecule has 0 radical (unpaired) electrons. The first-order valence-corrected chi connectivity index (χ1v) is 5.15. The predicted molar refractivity (Wildman–Crippen MR) is 59.0 cm³/mol. The van der Waals surface area contributed by atoms with Gasteiger partial charge in [0.15, 0.2) is 5.82 Å². The standard InChI is InChI=1S/C10H16N4O/c1-7-4-3-5-14(7)9-8(11)10(15-2)13-6-12-9/h6-7H,3-5,11H2,1-2H3. The Hall–Kier alpha value is -1.52. The summed E-state index contributed by atoms with van der Waals surface area (Å²) in [6.45, 7) is 3.19. The number of nitrogens with two attached hydrogens (primary N) is 1. The fraction of sp³-hybridized carbons (Fsp3) is 0.600. The molecule has 2 rings (SSSR count). The Morgan fingerprint density at radius 2 is 2.33 bits per heavy atom. The molecule has 1 atom stereocenters. The summed E-state index contributed by atoms with van der Waals surface area (Å²) in [5.74, 6) is 1.26. The number of methoxy groups -OCH3 is 1. The summed E-state index contributed by atoms with van der Waals surface area (Å²) in [4.78, 5) is 10.4. The SMILES string of the molecule is COc1ncnc(N2CCCC2C)c1N. The summed E-state index contributed by atoms with van der Waals surface area (Å²) >= 11 is 0. The van der Waals surface area contributed by atoms with Crippen molar-refractivity contribution in [2.24, 2.45) is 0 Å². The summed E-state index contributed by atoms with van der Waals surface area (Å²) in [6, 6.07) is 0.493. The highest BCUT2D eigenvalue weighted by atomic mass is 16.5. The van der Waals surface area contributed by atoms with E-state index in [0.717, 1.165) is 12.4 Å². The molecular formula is C10H16N4O. The largest absolute Gasteiger partial charge is 0.479 e. The van der Waals surface area contributed by atoms with Gasteiger partial charge in [0.2, 0.25) is 5.88 Å². The van der Waals surface area contributed by atoms with Crippen molar-refractivity contribution >= 4 is 11.5 Å². The van der Waals surface area contributed by atoms with Gasteiger partial charge in [-0.05, 0) is 19.8 Å². The van der Waals surface area contributed by atoms with Gasteiger partial charge < -0.3 is 15.4 Å². The first kappa shape index (κ1) is 10.0. The summed E-state index contributed by atoms with van der Waals surface area (Å²) in [5.41, 5.74) is 6.48. The zero-order valence-electron chi connectivity index (χ0n) is 9.10. The molecule has 1 saturated heterocycles.